The molecule has 0 aliphatic carbocycles. The van der Waals surface area contributed by atoms with Gasteiger partial charge in [0.2, 0.25) is 12.2 Å². The third-order valence-electron chi connectivity index (χ3n) is 5.92. The van der Waals surface area contributed by atoms with E-state index in [0.717, 1.165) is 63.5 Å². The van der Waals surface area contributed by atoms with Gasteiger partial charge in [-0.3, -0.25) is 4.79 Å². The molecule has 1 rings (SSSR count). The lowest BCUT2D eigenvalue weighted by Gasteiger charge is -2.17. The second-order valence-corrected chi connectivity index (χ2v) is 10.9. The minimum absolute atomic E-state index is 0.00265. The van der Waals surface area contributed by atoms with Gasteiger partial charge in [0, 0.05) is 19.0 Å². The van der Waals surface area contributed by atoms with Gasteiger partial charge in [-0.1, -0.05) is 40.5 Å². The molecule has 3 N–H and O–H groups in total. The Balaban J connectivity index is 0.00000263. The van der Waals surface area contributed by atoms with Crippen LogP contribution in [0.25, 0.3) is 0 Å². The van der Waals surface area contributed by atoms with Crippen molar-refractivity contribution >= 4 is 5.91 Å². The number of aromatic nitrogens is 2. The van der Waals surface area contributed by atoms with Crippen molar-refractivity contribution < 1.29 is 38.2 Å². The molecule has 0 aliphatic heterocycles. The number of rotatable bonds is 16. The van der Waals surface area contributed by atoms with Gasteiger partial charge in [0.15, 0.2) is 0 Å². The van der Waals surface area contributed by atoms with Crippen molar-refractivity contribution in [1.29, 1.82) is 0 Å². The average Bonchev–Trinajstić information content (AvgIpc) is 3.15. The Hall–Kier alpha value is -2.27. The summed E-state index contributed by atoms with van der Waals surface area (Å²) in [6.45, 7) is 13.1. The third kappa shape index (κ3) is 23.3. The Morgan fingerprint density at radius 1 is 0.949 bits per heavy atom. The second kappa shape index (κ2) is 20.6. The molecule has 0 atom stereocenters. The largest absolute Gasteiger partial charge is 0.352 e. The predicted octanol–water partition coefficient (Wildman–Crippen LogP) is 0.710. The SMILES string of the molecule is CC(C)=CCC/C(C)=C/CC/C(C)=C/CC/C(C)=C/C(=O)NCCc1c[n+](CCCN)cn1C.[O-][Cl+3]([O-])([O-])[O-]. The van der Waals surface area contributed by atoms with E-state index in [2.05, 4.69) is 72.9 Å². The van der Waals surface area contributed by atoms with Gasteiger partial charge >= 0.3 is 0 Å². The number of imidazole rings is 1. The minimum Gasteiger partial charge on any atom is -0.352 e. The molecule has 10 heteroatoms. The number of carbonyl (C=O) groups excluding carboxylic acids is 1. The fourth-order valence-electron chi connectivity index (χ4n) is 3.80. The Kier molecular flexibility index (Phi) is 19.4. The van der Waals surface area contributed by atoms with Crippen molar-refractivity contribution in [3.8, 4) is 0 Å². The zero-order chi connectivity index (χ0) is 29.8. The van der Waals surface area contributed by atoms with Crippen LogP contribution in [0.2, 0.25) is 0 Å². The number of allylic oxidation sites excluding steroid dienone is 7. The van der Waals surface area contributed by atoms with Gasteiger partial charge in [-0.05, 0) is 86.1 Å². The van der Waals surface area contributed by atoms with Gasteiger partial charge in [0.25, 0.3) is 0 Å². The molecule has 0 bridgehead atoms. The van der Waals surface area contributed by atoms with Crippen LogP contribution in [-0.2, 0) is 24.8 Å². The van der Waals surface area contributed by atoms with E-state index >= 15 is 0 Å². The van der Waals surface area contributed by atoms with Crippen LogP contribution in [0.1, 0.15) is 85.3 Å². The summed E-state index contributed by atoms with van der Waals surface area (Å²) in [6.07, 6.45) is 21.1. The van der Waals surface area contributed by atoms with Crippen LogP contribution in [0.4, 0.5) is 0 Å². The van der Waals surface area contributed by atoms with Crippen LogP contribution in [-0.4, -0.2) is 23.6 Å². The smallest absolute Gasteiger partial charge is 0.243 e. The summed E-state index contributed by atoms with van der Waals surface area (Å²) in [5, 5.41) is 3.02. The highest BCUT2D eigenvalue weighted by molar-refractivity contribution is 5.88. The number of nitrogens with two attached hydrogens (primary N) is 1. The minimum atomic E-state index is -4.94. The molecule has 0 spiro atoms. The van der Waals surface area contributed by atoms with Crippen molar-refractivity contribution in [1.82, 2.24) is 9.88 Å². The van der Waals surface area contributed by atoms with Crippen LogP contribution < -0.4 is 34.3 Å². The predicted molar refractivity (Wildman–Crippen MR) is 144 cm³/mol. The van der Waals surface area contributed by atoms with Crippen LogP contribution >= 0.6 is 0 Å². The van der Waals surface area contributed by atoms with Gasteiger partial charge in [-0.2, -0.15) is 0 Å². The van der Waals surface area contributed by atoms with Crippen molar-refractivity contribution in [2.45, 2.75) is 92.5 Å². The van der Waals surface area contributed by atoms with Gasteiger partial charge in [0.05, 0.1) is 13.6 Å². The summed E-state index contributed by atoms with van der Waals surface area (Å²) in [7, 11) is -2.90. The summed E-state index contributed by atoms with van der Waals surface area (Å²) >= 11 is 0. The second-order valence-electron chi connectivity index (χ2n) is 10.1. The number of amides is 1. The maximum absolute atomic E-state index is 12.3. The lowest BCUT2D eigenvalue weighted by molar-refractivity contribution is -2.00. The first kappa shape index (κ1) is 36.7. The van der Waals surface area contributed by atoms with E-state index in [0.29, 0.717) is 13.1 Å². The summed E-state index contributed by atoms with van der Waals surface area (Å²) in [6, 6.07) is 0. The van der Waals surface area contributed by atoms with Crippen molar-refractivity contribution in [2.24, 2.45) is 12.8 Å². The topological polar surface area (TPSA) is 156 Å². The molecule has 0 aliphatic rings. The summed E-state index contributed by atoms with van der Waals surface area (Å²) in [5.74, 6) is -0.00265. The van der Waals surface area contributed by atoms with E-state index in [9.17, 15) is 4.79 Å². The maximum Gasteiger partial charge on any atom is 0.243 e. The Bertz CT molecular complexity index is 965. The maximum atomic E-state index is 12.3. The zero-order valence-electron chi connectivity index (χ0n) is 24.6. The molecule has 1 heterocycles. The first-order valence-corrected chi connectivity index (χ1v) is 14.7. The highest BCUT2D eigenvalue weighted by Crippen LogP contribution is 2.13. The number of nitrogens with one attached hydrogen (secondary N) is 1. The van der Waals surface area contributed by atoms with Gasteiger partial charge < -0.3 is 11.1 Å². The van der Waals surface area contributed by atoms with Crippen LogP contribution in [0, 0.1) is 10.2 Å². The monoisotopic (exact) mass is 568 g/mol. The Morgan fingerprint density at radius 3 is 1.97 bits per heavy atom. The van der Waals surface area contributed by atoms with Crippen LogP contribution in [0.5, 0.6) is 0 Å². The molecule has 9 nitrogen and oxygen atoms in total. The number of aryl methyl sites for hydroxylation is 2. The molecule has 1 aromatic rings. The Morgan fingerprint density at radius 2 is 1.46 bits per heavy atom. The molecule has 0 saturated carbocycles. The highest BCUT2D eigenvalue weighted by Gasteiger charge is 2.10. The van der Waals surface area contributed by atoms with Crippen LogP contribution in [0.15, 0.2) is 59.1 Å². The number of halogens is 1. The third-order valence-corrected chi connectivity index (χ3v) is 5.92. The van der Waals surface area contributed by atoms with E-state index in [1.54, 1.807) is 6.08 Å². The summed E-state index contributed by atoms with van der Waals surface area (Å²) in [5.41, 5.74) is 12.2. The molecule has 0 radical (unpaired) electrons. The van der Waals surface area contributed by atoms with Crippen LogP contribution in [0.3, 0.4) is 0 Å². The van der Waals surface area contributed by atoms with E-state index in [4.69, 9.17) is 24.4 Å². The van der Waals surface area contributed by atoms with Crippen molar-refractivity contribution in [3.05, 3.63) is 64.8 Å². The highest BCUT2D eigenvalue weighted by atomic mass is 35.7. The number of hydrogen-bond acceptors (Lipinski definition) is 6. The number of hydrogen-bond donors (Lipinski definition) is 2. The molecular formula is C29H49ClN4O5. The molecule has 1 aromatic heterocycles. The lowest BCUT2D eigenvalue weighted by atomic mass is 10.0. The lowest BCUT2D eigenvalue weighted by Crippen LogP contribution is -2.68. The number of carbonyl (C=O) groups is 1. The molecule has 0 aromatic carbocycles. The molecule has 0 fully saturated rings. The van der Waals surface area contributed by atoms with Gasteiger partial charge in [-0.15, -0.1) is 10.2 Å². The standard InChI is InChI=1S/C29H48N4O.ClHO4/c1-24(2)11-7-12-25(3)13-8-14-26(4)15-9-16-27(5)21-29(34)31-19-17-28-22-33(20-10-18-30)23-32(28)6;2-1(3,4)5/h11,13,15,21-23H,7-10,12,14,16-20,30H2,1-6H3;(H,2,3,4,5)/b25-13+,26-15+,27-21+;. The number of nitrogens with zero attached hydrogens (tertiary/aromatic N) is 2. The van der Waals surface area contributed by atoms with Gasteiger partial charge in [-0.25, -0.2) is 27.8 Å². The average molecular weight is 569 g/mol. The quantitative estimate of drug-likeness (QED) is 0.170. The van der Waals surface area contributed by atoms with E-state index in [1.807, 2.05) is 14.0 Å². The fourth-order valence-corrected chi connectivity index (χ4v) is 3.80. The normalized spacial score (nSPS) is 12.6. The molecule has 0 saturated heterocycles. The Labute approximate surface area is 237 Å². The summed E-state index contributed by atoms with van der Waals surface area (Å²) in [4.78, 5) is 12.3. The molecule has 0 unspecified atom stereocenters. The summed E-state index contributed by atoms with van der Waals surface area (Å²) < 4.78 is 38.2. The first-order chi connectivity index (χ1) is 18.2. The van der Waals surface area contributed by atoms with E-state index < -0.39 is 10.2 Å². The fraction of sp³-hybridized carbons (Fsp3) is 0.586. The van der Waals surface area contributed by atoms with E-state index in [1.165, 1.54) is 22.4 Å². The van der Waals surface area contributed by atoms with Crippen molar-refractivity contribution in [2.75, 3.05) is 13.1 Å². The molecule has 39 heavy (non-hydrogen) atoms. The molecule has 222 valence electrons. The molecular weight excluding hydrogens is 520 g/mol. The van der Waals surface area contributed by atoms with Gasteiger partial charge in [0.1, 0.15) is 11.9 Å². The first-order valence-electron chi connectivity index (χ1n) is 13.5. The zero-order valence-corrected chi connectivity index (χ0v) is 25.4. The van der Waals surface area contributed by atoms with E-state index in [-0.39, 0.29) is 5.91 Å². The molecule has 1 amide bonds. The van der Waals surface area contributed by atoms with Crippen molar-refractivity contribution in [3.63, 3.8) is 0 Å².